The minimum Gasteiger partial charge on any atom is -0.289 e. The lowest BCUT2D eigenvalue weighted by Crippen LogP contribution is -2.41. The van der Waals surface area contributed by atoms with E-state index in [0.29, 0.717) is 11.1 Å². The van der Waals surface area contributed by atoms with E-state index >= 15 is 0 Å². The number of nitrogens with zero attached hydrogens (tertiary/aromatic N) is 1. The molecular weight excluding hydrogens is 502 g/mol. The minimum atomic E-state index is -3.79. The van der Waals surface area contributed by atoms with E-state index in [4.69, 9.17) is 0 Å². The summed E-state index contributed by atoms with van der Waals surface area (Å²) in [6.45, 7) is 6.37. The number of unbranched alkanes of at least 4 members (excludes halogenated alkanes) is 2. The van der Waals surface area contributed by atoms with Crippen molar-refractivity contribution in [1.82, 2.24) is 4.31 Å². The van der Waals surface area contributed by atoms with Crippen molar-refractivity contribution in [1.29, 1.82) is 0 Å². The number of hydrogen-bond donors (Lipinski definition) is 0. The van der Waals surface area contributed by atoms with Crippen LogP contribution in [0.5, 0.6) is 0 Å². The van der Waals surface area contributed by atoms with Crippen LogP contribution in [-0.2, 0) is 27.7 Å². The lowest BCUT2D eigenvalue weighted by Gasteiger charge is -2.29. The smallest absolute Gasteiger partial charge is 0.243 e. The van der Waals surface area contributed by atoms with E-state index in [-0.39, 0.29) is 23.8 Å². The Balaban J connectivity index is 1.68. The molecule has 3 aromatic carbocycles. The highest BCUT2D eigenvalue weighted by atomic mass is 32.2. The van der Waals surface area contributed by atoms with E-state index in [1.54, 1.807) is 24.3 Å². The summed E-state index contributed by atoms with van der Waals surface area (Å²) >= 11 is 0. The number of carbonyl (C=O) groups excluding carboxylic acids is 1. The lowest BCUT2D eigenvalue weighted by molar-refractivity contribution is -0.113. The van der Waals surface area contributed by atoms with Gasteiger partial charge in [0.2, 0.25) is 10.0 Å². The summed E-state index contributed by atoms with van der Waals surface area (Å²) in [7, 11) is -3.79. The Morgan fingerprint density at radius 1 is 0.692 bits per heavy atom. The van der Waals surface area contributed by atoms with Crippen LogP contribution in [0.4, 0.5) is 0 Å². The lowest BCUT2D eigenvalue weighted by atomic mass is 9.95. The first-order valence-corrected chi connectivity index (χ1v) is 15.4. The van der Waals surface area contributed by atoms with Crippen molar-refractivity contribution in [2.24, 2.45) is 0 Å². The second-order valence-electron chi connectivity index (χ2n) is 10.4. The van der Waals surface area contributed by atoms with Crippen LogP contribution in [0.25, 0.3) is 12.2 Å². The fourth-order valence-electron chi connectivity index (χ4n) is 4.76. The van der Waals surface area contributed by atoms with Gasteiger partial charge in [0.15, 0.2) is 5.78 Å². The van der Waals surface area contributed by atoms with Gasteiger partial charge in [0, 0.05) is 24.2 Å². The van der Waals surface area contributed by atoms with Gasteiger partial charge in [-0.2, -0.15) is 4.31 Å². The highest BCUT2D eigenvalue weighted by molar-refractivity contribution is 7.89. The Bertz CT molecular complexity index is 1360. The summed E-state index contributed by atoms with van der Waals surface area (Å²) in [6.07, 6.45) is 10.3. The van der Waals surface area contributed by atoms with Gasteiger partial charge in [-0.25, -0.2) is 8.42 Å². The van der Waals surface area contributed by atoms with Gasteiger partial charge in [-0.1, -0.05) is 92.9 Å². The minimum absolute atomic E-state index is 0.0416. The molecule has 39 heavy (non-hydrogen) atoms. The number of aryl methyl sites for hydroxylation is 3. The number of ketones is 1. The number of Topliss-reactive ketones (excluding diaryl/α,β-unsaturated/α-hetero) is 1. The van der Waals surface area contributed by atoms with Crippen molar-refractivity contribution in [2.45, 2.75) is 64.2 Å². The average Bonchev–Trinajstić information content (AvgIpc) is 2.94. The summed E-state index contributed by atoms with van der Waals surface area (Å²) in [6, 6.07) is 23.3. The molecular formula is C34H39NO3S. The molecule has 0 bridgehead atoms. The van der Waals surface area contributed by atoms with Crippen LogP contribution in [0, 0.1) is 6.92 Å². The third-order valence-corrected chi connectivity index (χ3v) is 9.02. The largest absolute Gasteiger partial charge is 0.289 e. The standard InChI is InChI=1S/C34H39NO3S/c1-4-6-8-27-12-16-29(17-13-27)22-31-24-35(39(37,38)33-20-10-26(3)11-21-33)25-32(34(31)36)23-30-18-14-28(15-19-30)9-7-5-2/h10-23H,4-9,24-25H2,1-3H3/b31-22+,32-23+. The molecule has 1 aliphatic rings. The molecule has 1 fully saturated rings. The molecule has 204 valence electrons. The Morgan fingerprint density at radius 3 is 1.54 bits per heavy atom. The van der Waals surface area contributed by atoms with Gasteiger partial charge in [-0.3, -0.25) is 4.79 Å². The molecule has 1 aliphatic heterocycles. The van der Waals surface area contributed by atoms with Gasteiger partial charge < -0.3 is 0 Å². The molecule has 0 spiro atoms. The number of hydrogen-bond acceptors (Lipinski definition) is 3. The molecule has 1 heterocycles. The molecule has 1 saturated heterocycles. The molecule has 5 heteroatoms. The molecule has 4 nitrogen and oxygen atoms in total. The van der Waals surface area contributed by atoms with Crippen molar-refractivity contribution in [2.75, 3.05) is 13.1 Å². The third-order valence-electron chi connectivity index (χ3n) is 7.21. The SMILES string of the molecule is CCCCc1ccc(/C=C2\CN(S(=O)(=O)c3ccc(C)cc3)C/C(=C\c3ccc(CCCC)cc3)C2=O)cc1. The van der Waals surface area contributed by atoms with Gasteiger partial charge in [-0.15, -0.1) is 0 Å². The third kappa shape index (κ3) is 7.43. The Labute approximate surface area is 234 Å². The van der Waals surface area contributed by atoms with Crippen LogP contribution in [0.2, 0.25) is 0 Å². The molecule has 0 amide bonds. The maximum Gasteiger partial charge on any atom is 0.243 e. The molecule has 0 aromatic heterocycles. The summed E-state index contributed by atoms with van der Waals surface area (Å²) in [5.74, 6) is -0.101. The topological polar surface area (TPSA) is 54.5 Å². The summed E-state index contributed by atoms with van der Waals surface area (Å²) in [4.78, 5) is 13.9. The van der Waals surface area contributed by atoms with E-state index in [1.807, 2.05) is 43.3 Å². The van der Waals surface area contributed by atoms with Gasteiger partial charge in [-0.05, 0) is 79.1 Å². The van der Waals surface area contributed by atoms with Crippen molar-refractivity contribution in [3.63, 3.8) is 0 Å². The average molecular weight is 542 g/mol. The second-order valence-corrected chi connectivity index (χ2v) is 12.4. The Hall–Kier alpha value is -3.28. The van der Waals surface area contributed by atoms with Crippen molar-refractivity contribution < 1.29 is 13.2 Å². The maximum atomic E-state index is 13.7. The predicted octanol–water partition coefficient (Wildman–Crippen LogP) is 7.42. The van der Waals surface area contributed by atoms with Crippen LogP contribution < -0.4 is 0 Å². The Morgan fingerprint density at radius 2 is 1.13 bits per heavy atom. The van der Waals surface area contributed by atoms with E-state index in [0.717, 1.165) is 55.2 Å². The van der Waals surface area contributed by atoms with Gasteiger partial charge in [0.05, 0.1) is 4.90 Å². The molecule has 0 radical (unpaired) electrons. The highest BCUT2D eigenvalue weighted by Crippen LogP contribution is 2.27. The van der Waals surface area contributed by atoms with E-state index < -0.39 is 10.0 Å². The number of piperidine rings is 1. The van der Waals surface area contributed by atoms with E-state index in [2.05, 4.69) is 38.1 Å². The van der Waals surface area contributed by atoms with Crippen LogP contribution in [0.1, 0.15) is 67.3 Å². The van der Waals surface area contributed by atoms with Crippen molar-refractivity contribution in [3.8, 4) is 0 Å². The van der Waals surface area contributed by atoms with E-state index in [1.165, 1.54) is 15.4 Å². The van der Waals surface area contributed by atoms with E-state index in [9.17, 15) is 13.2 Å². The van der Waals surface area contributed by atoms with Crippen LogP contribution in [0.15, 0.2) is 88.8 Å². The first-order chi connectivity index (χ1) is 18.8. The first-order valence-electron chi connectivity index (χ1n) is 14.0. The number of rotatable bonds is 10. The molecule has 0 aliphatic carbocycles. The second kappa shape index (κ2) is 13.2. The van der Waals surface area contributed by atoms with Gasteiger partial charge in [0.25, 0.3) is 0 Å². The normalized spacial score (nSPS) is 16.7. The maximum absolute atomic E-state index is 13.7. The first kappa shape index (κ1) is 28.7. The number of sulfonamides is 1. The number of benzene rings is 3. The fourth-order valence-corrected chi connectivity index (χ4v) is 6.16. The van der Waals surface area contributed by atoms with Crippen molar-refractivity contribution in [3.05, 3.63) is 112 Å². The Kier molecular flexibility index (Phi) is 9.71. The molecule has 0 N–H and O–H groups in total. The zero-order chi connectivity index (χ0) is 27.8. The van der Waals surface area contributed by atoms with Crippen LogP contribution >= 0.6 is 0 Å². The van der Waals surface area contributed by atoms with Gasteiger partial charge >= 0.3 is 0 Å². The molecule has 0 saturated carbocycles. The van der Waals surface area contributed by atoms with Crippen LogP contribution in [0.3, 0.4) is 0 Å². The van der Waals surface area contributed by atoms with Crippen LogP contribution in [-0.4, -0.2) is 31.6 Å². The highest BCUT2D eigenvalue weighted by Gasteiger charge is 2.34. The summed E-state index contributed by atoms with van der Waals surface area (Å²) in [5.41, 5.74) is 6.27. The quantitative estimate of drug-likeness (QED) is 0.251. The molecule has 0 unspecified atom stereocenters. The molecule has 3 aromatic rings. The van der Waals surface area contributed by atoms with Crippen molar-refractivity contribution >= 4 is 28.0 Å². The monoisotopic (exact) mass is 541 g/mol. The number of carbonyl (C=O) groups is 1. The summed E-state index contributed by atoms with van der Waals surface area (Å²) in [5, 5.41) is 0. The van der Waals surface area contributed by atoms with Gasteiger partial charge in [0.1, 0.15) is 0 Å². The molecule has 0 atom stereocenters. The summed E-state index contributed by atoms with van der Waals surface area (Å²) < 4.78 is 28.7. The molecule has 4 rings (SSSR count). The predicted molar refractivity (Wildman–Crippen MR) is 161 cm³/mol. The fraction of sp³-hybridized carbons (Fsp3) is 0.324. The zero-order valence-corrected chi connectivity index (χ0v) is 24.1. The zero-order valence-electron chi connectivity index (χ0n) is 23.3.